The van der Waals surface area contributed by atoms with Gasteiger partial charge in [0, 0.05) is 18.8 Å². The Bertz CT molecular complexity index is 721. The van der Waals surface area contributed by atoms with Crippen molar-refractivity contribution in [2.45, 2.75) is 45.6 Å². The molecule has 0 saturated heterocycles. The van der Waals surface area contributed by atoms with E-state index in [1.165, 1.54) is 0 Å². The molecule has 0 bridgehead atoms. The zero-order chi connectivity index (χ0) is 18.0. The van der Waals surface area contributed by atoms with Crippen LogP contribution in [0, 0.1) is 18.8 Å². The van der Waals surface area contributed by atoms with E-state index in [4.69, 9.17) is 5.73 Å². The molecule has 2 heterocycles. The molecule has 2 aromatic rings. The summed E-state index contributed by atoms with van der Waals surface area (Å²) in [4.78, 5) is 16.8. The minimum absolute atomic E-state index is 0. The van der Waals surface area contributed by atoms with Gasteiger partial charge in [-0.1, -0.05) is 25.0 Å². The number of hydrogen-bond acceptors (Lipinski definition) is 5. The van der Waals surface area contributed by atoms with E-state index < -0.39 is 6.04 Å². The number of aromatic nitrogens is 4. The fraction of sp³-hybridized carbons (Fsp3) is 0.556. The van der Waals surface area contributed by atoms with Crippen molar-refractivity contribution in [3.63, 3.8) is 0 Å². The second kappa shape index (κ2) is 10.0. The molecule has 0 aromatic carbocycles. The van der Waals surface area contributed by atoms with Gasteiger partial charge in [-0.2, -0.15) is 0 Å². The molecule has 1 saturated carbocycles. The van der Waals surface area contributed by atoms with Gasteiger partial charge >= 0.3 is 0 Å². The first kappa shape index (κ1) is 23.3. The average molecular weight is 415 g/mol. The van der Waals surface area contributed by atoms with E-state index in [0.29, 0.717) is 5.82 Å². The van der Waals surface area contributed by atoms with Gasteiger partial charge in [-0.25, -0.2) is 9.67 Å². The minimum Gasteiger partial charge on any atom is -0.320 e. The van der Waals surface area contributed by atoms with E-state index in [2.05, 4.69) is 27.5 Å². The van der Waals surface area contributed by atoms with Crippen LogP contribution in [0.1, 0.15) is 38.3 Å². The number of carbonyl (C=O) groups is 1. The molecule has 2 aromatic heterocycles. The fourth-order valence-electron chi connectivity index (χ4n) is 3.53. The first-order chi connectivity index (χ1) is 12.0. The number of hydrogen-bond donors (Lipinski definition) is 2. The normalized spacial score (nSPS) is 20.1. The lowest BCUT2D eigenvalue weighted by Gasteiger charge is -2.29. The smallest absolute Gasteiger partial charge is 0.242 e. The van der Waals surface area contributed by atoms with Crippen LogP contribution in [-0.2, 0) is 11.8 Å². The number of aryl methyl sites for hydroxylation is 2. The van der Waals surface area contributed by atoms with Crippen LogP contribution >= 0.6 is 24.8 Å². The highest BCUT2D eigenvalue weighted by molar-refractivity contribution is 5.94. The van der Waals surface area contributed by atoms with Crippen LogP contribution in [0.4, 0.5) is 5.82 Å². The summed E-state index contributed by atoms with van der Waals surface area (Å²) in [6, 6.07) is 3.22. The summed E-state index contributed by atoms with van der Waals surface area (Å²) in [6.07, 6.45) is 6.06. The summed E-state index contributed by atoms with van der Waals surface area (Å²) in [7, 11) is 1.84. The molecule has 1 fully saturated rings. The fourth-order valence-corrected chi connectivity index (χ4v) is 3.53. The summed E-state index contributed by atoms with van der Waals surface area (Å²) in [5.74, 6) is 1.36. The zero-order valence-corrected chi connectivity index (χ0v) is 17.5. The molecule has 9 heteroatoms. The Morgan fingerprint density at radius 1 is 1.26 bits per heavy atom. The lowest BCUT2D eigenvalue weighted by atomic mass is 9.79. The van der Waals surface area contributed by atoms with Gasteiger partial charge in [-0.05, 0) is 43.7 Å². The molecule has 7 nitrogen and oxygen atoms in total. The molecule has 150 valence electrons. The quantitative estimate of drug-likeness (QED) is 0.800. The Morgan fingerprint density at radius 2 is 1.93 bits per heavy atom. The number of nitrogens with zero attached hydrogens (tertiary/aromatic N) is 4. The highest BCUT2D eigenvalue weighted by atomic mass is 35.5. The summed E-state index contributed by atoms with van der Waals surface area (Å²) in [6.45, 7) is 4.16. The van der Waals surface area contributed by atoms with Crippen molar-refractivity contribution in [1.82, 2.24) is 20.0 Å². The maximum atomic E-state index is 12.4. The van der Waals surface area contributed by atoms with Crippen molar-refractivity contribution in [1.29, 1.82) is 0 Å². The second-order valence-electron chi connectivity index (χ2n) is 7.11. The third-order valence-electron chi connectivity index (χ3n) is 5.15. The van der Waals surface area contributed by atoms with E-state index in [1.807, 2.05) is 20.0 Å². The summed E-state index contributed by atoms with van der Waals surface area (Å²) < 4.78 is 1.71. The van der Waals surface area contributed by atoms with Crippen molar-refractivity contribution < 1.29 is 4.79 Å². The van der Waals surface area contributed by atoms with Crippen molar-refractivity contribution in [2.24, 2.45) is 24.6 Å². The van der Waals surface area contributed by atoms with Gasteiger partial charge in [0.2, 0.25) is 5.91 Å². The van der Waals surface area contributed by atoms with Crippen molar-refractivity contribution >= 4 is 36.5 Å². The van der Waals surface area contributed by atoms with E-state index in [-0.39, 0.29) is 36.6 Å². The predicted molar refractivity (Wildman–Crippen MR) is 111 cm³/mol. The third-order valence-corrected chi connectivity index (χ3v) is 5.15. The Hall–Kier alpha value is -1.70. The Balaban J connectivity index is 0.00000182. The standard InChI is InChI=1S/C18H26N6O.2ClH/c1-11-4-6-13(7-5-11)16(19)18(25)21-15-9-8-14(10-20-15)17-12(2)22-23-24(17)3;;/h8-11,13,16H,4-7,19H2,1-3H3,(H,20,21,25);2*1H. The van der Waals surface area contributed by atoms with Crippen molar-refractivity contribution in [2.75, 3.05) is 5.32 Å². The minimum atomic E-state index is -0.475. The van der Waals surface area contributed by atoms with Crippen LogP contribution in [0.3, 0.4) is 0 Å². The molecule has 1 aliphatic carbocycles. The van der Waals surface area contributed by atoms with Crippen LogP contribution in [0.25, 0.3) is 11.3 Å². The molecule has 0 aliphatic heterocycles. The molecule has 0 spiro atoms. The number of halogens is 2. The first-order valence-electron chi connectivity index (χ1n) is 8.85. The number of nitrogens with one attached hydrogen (secondary N) is 1. The molecule has 1 amide bonds. The van der Waals surface area contributed by atoms with Gasteiger partial charge < -0.3 is 11.1 Å². The third kappa shape index (κ3) is 5.40. The largest absolute Gasteiger partial charge is 0.320 e. The number of carbonyl (C=O) groups excluding carboxylic acids is 1. The zero-order valence-electron chi connectivity index (χ0n) is 15.9. The highest BCUT2D eigenvalue weighted by Crippen LogP contribution is 2.30. The van der Waals surface area contributed by atoms with Crippen molar-refractivity contribution in [3.8, 4) is 11.3 Å². The van der Waals surface area contributed by atoms with Crippen molar-refractivity contribution in [3.05, 3.63) is 24.0 Å². The van der Waals surface area contributed by atoms with Gasteiger partial charge in [-0.15, -0.1) is 29.9 Å². The van der Waals surface area contributed by atoms with E-state index >= 15 is 0 Å². The lowest BCUT2D eigenvalue weighted by Crippen LogP contribution is -2.43. The molecule has 1 aliphatic rings. The van der Waals surface area contributed by atoms with Gasteiger partial charge in [0.15, 0.2) is 0 Å². The topological polar surface area (TPSA) is 98.7 Å². The average Bonchev–Trinajstić information content (AvgIpc) is 2.94. The highest BCUT2D eigenvalue weighted by Gasteiger charge is 2.28. The number of pyridine rings is 1. The molecular weight excluding hydrogens is 387 g/mol. The SMILES string of the molecule is Cc1nnn(C)c1-c1ccc(NC(=O)C(N)C2CCC(C)CC2)nc1.Cl.Cl. The summed E-state index contributed by atoms with van der Waals surface area (Å²) >= 11 is 0. The first-order valence-corrected chi connectivity index (χ1v) is 8.85. The van der Waals surface area contributed by atoms with Crippen LogP contribution in [0.15, 0.2) is 18.3 Å². The lowest BCUT2D eigenvalue weighted by molar-refractivity contribution is -0.118. The molecule has 27 heavy (non-hydrogen) atoms. The Labute approximate surface area is 172 Å². The maximum absolute atomic E-state index is 12.4. The predicted octanol–water partition coefficient (Wildman–Crippen LogP) is 3.12. The van der Waals surface area contributed by atoms with E-state index in [9.17, 15) is 4.79 Å². The number of nitrogens with two attached hydrogens (primary N) is 1. The van der Waals surface area contributed by atoms with Gasteiger partial charge in [-0.3, -0.25) is 4.79 Å². The Kier molecular flexibility index (Phi) is 8.65. The molecule has 3 rings (SSSR count). The van der Waals surface area contributed by atoms with Crippen LogP contribution in [0.2, 0.25) is 0 Å². The van der Waals surface area contributed by atoms with E-state index in [0.717, 1.165) is 48.6 Å². The number of anilines is 1. The second-order valence-corrected chi connectivity index (χ2v) is 7.11. The molecule has 0 radical (unpaired) electrons. The molecule has 1 unspecified atom stereocenters. The molecule has 1 atom stereocenters. The van der Waals surface area contributed by atoms with Gasteiger partial charge in [0.1, 0.15) is 5.82 Å². The van der Waals surface area contributed by atoms with E-state index in [1.54, 1.807) is 16.9 Å². The van der Waals surface area contributed by atoms with Gasteiger partial charge in [0.25, 0.3) is 0 Å². The van der Waals surface area contributed by atoms with Gasteiger partial charge in [0.05, 0.1) is 17.4 Å². The number of amides is 1. The summed E-state index contributed by atoms with van der Waals surface area (Å²) in [5, 5.41) is 10.9. The monoisotopic (exact) mass is 414 g/mol. The maximum Gasteiger partial charge on any atom is 0.242 e. The van der Waals surface area contributed by atoms with Crippen LogP contribution in [0.5, 0.6) is 0 Å². The molecular formula is C18H28Cl2N6O. The van der Waals surface area contributed by atoms with Crippen LogP contribution < -0.4 is 11.1 Å². The number of rotatable bonds is 4. The Morgan fingerprint density at radius 3 is 2.44 bits per heavy atom. The molecule has 3 N–H and O–H groups in total. The van der Waals surface area contributed by atoms with Crippen LogP contribution in [-0.4, -0.2) is 31.9 Å². The summed E-state index contributed by atoms with van der Waals surface area (Å²) in [5.41, 5.74) is 8.84.